The second-order valence-corrected chi connectivity index (χ2v) is 5.37. The number of rotatable bonds is 5. The Morgan fingerprint density at radius 1 is 0.864 bits per heavy atom. The van der Waals surface area contributed by atoms with Gasteiger partial charge in [-0.3, -0.25) is 9.59 Å². The molecule has 0 fully saturated rings. The summed E-state index contributed by atoms with van der Waals surface area (Å²) < 4.78 is 5.56. The fourth-order valence-corrected chi connectivity index (χ4v) is 2.58. The molecule has 0 aliphatic carbocycles. The molecule has 3 nitrogen and oxygen atoms in total. The molecule has 0 amide bonds. The third-order valence-corrected chi connectivity index (χ3v) is 3.57. The summed E-state index contributed by atoms with van der Waals surface area (Å²) in [5.41, 5.74) is 0.697. The molecule has 0 radical (unpaired) electrons. The number of carbonyl (C=O) groups excluding carboxylic acids is 2. The molecule has 1 heterocycles. The van der Waals surface area contributed by atoms with Crippen molar-refractivity contribution in [3.8, 4) is 0 Å². The van der Waals surface area contributed by atoms with Crippen LogP contribution in [0.25, 0.3) is 10.8 Å². The van der Waals surface area contributed by atoms with Crippen molar-refractivity contribution in [2.24, 2.45) is 0 Å². The molecular formula is C19H16O3. The van der Waals surface area contributed by atoms with Gasteiger partial charge >= 0.3 is 0 Å². The van der Waals surface area contributed by atoms with Crippen molar-refractivity contribution in [1.29, 1.82) is 0 Å². The van der Waals surface area contributed by atoms with Gasteiger partial charge in [0.05, 0.1) is 12.8 Å². The maximum Gasteiger partial charge on any atom is 0.171 e. The predicted octanol–water partition coefficient (Wildman–Crippen LogP) is 3.99. The summed E-state index contributed by atoms with van der Waals surface area (Å²) >= 11 is 0. The first-order valence-corrected chi connectivity index (χ1v) is 7.21. The van der Waals surface area contributed by atoms with Crippen LogP contribution in [0.3, 0.4) is 0 Å². The molecule has 3 heteroatoms. The molecule has 0 saturated carbocycles. The number of furan rings is 1. The second-order valence-electron chi connectivity index (χ2n) is 5.37. The molecule has 0 bridgehead atoms. The third-order valence-electron chi connectivity index (χ3n) is 3.57. The quantitative estimate of drug-likeness (QED) is 0.668. The van der Waals surface area contributed by atoms with Crippen LogP contribution in [0.2, 0.25) is 0 Å². The zero-order chi connectivity index (χ0) is 15.5. The number of hydrogen-bond donors (Lipinski definition) is 0. The minimum absolute atomic E-state index is 0.0144. The van der Waals surface area contributed by atoms with Gasteiger partial charge in [0.25, 0.3) is 0 Å². The van der Waals surface area contributed by atoms with E-state index in [9.17, 15) is 9.59 Å². The van der Waals surface area contributed by atoms with E-state index >= 15 is 0 Å². The summed E-state index contributed by atoms with van der Waals surface area (Å²) in [7, 11) is 0. The normalized spacial score (nSPS) is 10.8. The van der Waals surface area contributed by atoms with Gasteiger partial charge in [-0.15, -0.1) is 0 Å². The lowest BCUT2D eigenvalue weighted by Crippen LogP contribution is -2.03. The standard InChI is InChI=1S/C19H16O3/c1-13(20)11-15-9-10-16(22-15)12-19(21)18-8-4-6-14-5-2-3-7-17(14)18/h2-10H,11-12H2,1H3. The highest BCUT2D eigenvalue weighted by Crippen LogP contribution is 2.21. The van der Waals surface area contributed by atoms with Crippen LogP contribution in [0, 0.1) is 0 Å². The van der Waals surface area contributed by atoms with Gasteiger partial charge in [0.1, 0.15) is 17.3 Å². The number of ketones is 2. The van der Waals surface area contributed by atoms with Crippen LogP contribution < -0.4 is 0 Å². The maximum atomic E-state index is 12.5. The van der Waals surface area contributed by atoms with Crippen LogP contribution in [0.4, 0.5) is 0 Å². The predicted molar refractivity (Wildman–Crippen MR) is 85.1 cm³/mol. The molecule has 0 N–H and O–H groups in total. The lowest BCUT2D eigenvalue weighted by atomic mass is 9.99. The first-order chi connectivity index (χ1) is 10.6. The van der Waals surface area contributed by atoms with Crippen molar-refractivity contribution in [2.45, 2.75) is 19.8 Å². The van der Waals surface area contributed by atoms with E-state index in [-0.39, 0.29) is 24.4 Å². The number of Topliss-reactive ketones (excluding diaryl/α,β-unsaturated/α-hetero) is 2. The number of benzene rings is 2. The van der Waals surface area contributed by atoms with E-state index in [4.69, 9.17) is 4.42 Å². The van der Waals surface area contributed by atoms with Gasteiger partial charge in [-0.2, -0.15) is 0 Å². The lowest BCUT2D eigenvalue weighted by molar-refractivity contribution is -0.116. The van der Waals surface area contributed by atoms with E-state index in [0.717, 1.165) is 10.8 Å². The molecule has 110 valence electrons. The summed E-state index contributed by atoms with van der Waals surface area (Å²) in [6.07, 6.45) is 0.467. The second kappa shape index (κ2) is 5.98. The fourth-order valence-electron chi connectivity index (χ4n) is 2.58. The summed E-state index contributed by atoms with van der Waals surface area (Å²) in [6, 6.07) is 17.1. The first-order valence-electron chi connectivity index (χ1n) is 7.21. The van der Waals surface area contributed by atoms with Crippen LogP contribution >= 0.6 is 0 Å². The first kappa shape index (κ1) is 14.3. The smallest absolute Gasteiger partial charge is 0.171 e. The minimum atomic E-state index is 0.0144. The van der Waals surface area contributed by atoms with E-state index in [1.807, 2.05) is 42.5 Å². The Morgan fingerprint density at radius 3 is 2.32 bits per heavy atom. The molecule has 0 aliphatic rings. The highest BCUT2D eigenvalue weighted by Gasteiger charge is 2.13. The maximum absolute atomic E-state index is 12.5. The van der Waals surface area contributed by atoms with E-state index < -0.39 is 0 Å². The summed E-state index contributed by atoms with van der Waals surface area (Å²) in [4.78, 5) is 23.6. The Kier molecular flexibility index (Phi) is 3.88. The molecule has 0 aliphatic heterocycles. The molecule has 1 aromatic heterocycles. The van der Waals surface area contributed by atoms with Crippen LogP contribution in [0.1, 0.15) is 28.8 Å². The minimum Gasteiger partial charge on any atom is -0.465 e. The van der Waals surface area contributed by atoms with E-state index in [0.29, 0.717) is 17.1 Å². The Labute approximate surface area is 128 Å². The summed E-state index contributed by atoms with van der Waals surface area (Å²) in [5, 5.41) is 2.00. The Morgan fingerprint density at radius 2 is 1.55 bits per heavy atom. The van der Waals surface area contributed by atoms with Gasteiger partial charge in [-0.25, -0.2) is 0 Å². The van der Waals surface area contributed by atoms with E-state index in [1.165, 1.54) is 6.92 Å². The molecule has 3 aromatic rings. The zero-order valence-electron chi connectivity index (χ0n) is 12.3. The average molecular weight is 292 g/mol. The van der Waals surface area contributed by atoms with Gasteiger partial charge in [0.15, 0.2) is 5.78 Å². The highest BCUT2D eigenvalue weighted by atomic mass is 16.3. The third kappa shape index (κ3) is 2.98. The monoisotopic (exact) mass is 292 g/mol. The fraction of sp³-hybridized carbons (Fsp3) is 0.158. The molecule has 0 unspecified atom stereocenters. The molecule has 0 spiro atoms. The molecule has 0 saturated heterocycles. The molecule has 0 atom stereocenters. The van der Waals surface area contributed by atoms with Crippen LogP contribution in [0.5, 0.6) is 0 Å². The van der Waals surface area contributed by atoms with Crippen molar-refractivity contribution in [3.05, 3.63) is 71.7 Å². The van der Waals surface area contributed by atoms with Crippen LogP contribution in [0.15, 0.2) is 59.0 Å². The number of fused-ring (bicyclic) bond motifs is 1. The largest absolute Gasteiger partial charge is 0.465 e. The molecule has 22 heavy (non-hydrogen) atoms. The Hall–Kier alpha value is -2.68. The van der Waals surface area contributed by atoms with Crippen LogP contribution in [-0.2, 0) is 17.6 Å². The van der Waals surface area contributed by atoms with Crippen LogP contribution in [-0.4, -0.2) is 11.6 Å². The van der Waals surface area contributed by atoms with E-state index in [2.05, 4.69) is 0 Å². The van der Waals surface area contributed by atoms with Gasteiger partial charge in [-0.1, -0.05) is 42.5 Å². The van der Waals surface area contributed by atoms with Crippen molar-refractivity contribution in [3.63, 3.8) is 0 Å². The van der Waals surface area contributed by atoms with Crippen molar-refractivity contribution in [1.82, 2.24) is 0 Å². The summed E-state index contributed by atoms with van der Waals surface area (Å²) in [5.74, 6) is 1.25. The summed E-state index contributed by atoms with van der Waals surface area (Å²) in [6.45, 7) is 1.52. The average Bonchev–Trinajstić information content (AvgIpc) is 2.92. The number of hydrogen-bond acceptors (Lipinski definition) is 3. The highest BCUT2D eigenvalue weighted by molar-refractivity contribution is 6.08. The topological polar surface area (TPSA) is 47.3 Å². The van der Waals surface area contributed by atoms with Gasteiger partial charge in [0.2, 0.25) is 0 Å². The SMILES string of the molecule is CC(=O)Cc1ccc(CC(=O)c2cccc3ccccc23)o1. The van der Waals surface area contributed by atoms with Gasteiger partial charge in [-0.05, 0) is 29.8 Å². The number of carbonyl (C=O) groups is 2. The van der Waals surface area contributed by atoms with Crippen molar-refractivity contribution >= 4 is 22.3 Å². The van der Waals surface area contributed by atoms with Gasteiger partial charge < -0.3 is 4.42 Å². The molecular weight excluding hydrogens is 276 g/mol. The van der Waals surface area contributed by atoms with Gasteiger partial charge in [0, 0.05) is 5.56 Å². The Balaban J connectivity index is 1.84. The lowest BCUT2D eigenvalue weighted by Gasteiger charge is -2.04. The molecule has 3 rings (SSSR count). The van der Waals surface area contributed by atoms with E-state index in [1.54, 1.807) is 12.1 Å². The zero-order valence-corrected chi connectivity index (χ0v) is 12.3. The Bertz CT molecular complexity index is 837. The van der Waals surface area contributed by atoms with Crippen molar-refractivity contribution in [2.75, 3.05) is 0 Å². The molecule has 2 aromatic carbocycles. The van der Waals surface area contributed by atoms with Crippen molar-refractivity contribution < 1.29 is 14.0 Å².